The molecule has 2 heterocycles. The van der Waals surface area contributed by atoms with Gasteiger partial charge in [-0.25, -0.2) is 4.68 Å². The number of rotatable bonds is 6. The van der Waals surface area contributed by atoms with Crippen molar-refractivity contribution in [3.05, 3.63) is 11.9 Å². The first-order valence-corrected chi connectivity index (χ1v) is 8.85. The molecule has 1 amide bonds. The first-order chi connectivity index (χ1) is 11.3. The maximum absolute atomic E-state index is 12.6. The molecule has 1 aliphatic rings. The standard InChI is InChI=1S/C17H32N6O/c1-17(2,3)15(8-11-22(4)5)19-16(24)14-12-23(21-20-14)13-6-9-18-10-7-13/h12-13,15,18H,6-11H2,1-5H3,(H,19,24). The zero-order chi connectivity index (χ0) is 17.7. The Morgan fingerprint density at radius 3 is 2.67 bits per heavy atom. The van der Waals surface area contributed by atoms with E-state index in [9.17, 15) is 4.79 Å². The molecule has 24 heavy (non-hydrogen) atoms. The lowest BCUT2D eigenvalue weighted by Crippen LogP contribution is -2.45. The second-order valence-corrected chi connectivity index (χ2v) is 8.05. The van der Waals surface area contributed by atoms with Gasteiger partial charge in [0.1, 0.15) is 0 Å². The van der Waals surface area contributed by atoms with Gasteiger partial charge in [-0.2, -0.15) is 0 Å². The highest BCUT2D eigenvalue weighted by atomic mass is 16.2. The number of amides is 1. The van der Waals surface area contributed by atoms with E-state index in [1.165, 1.54) is 0 Å². The minimum Gasteiger partial charge on any atom is -0.347 e. The lowest BCUT2D eigenvalue weighted by Gasteiger charge is -2.32. The predicted molar refractivity (Wildman–Crippen MR) is 95.0 cm³/mol. The fraction of sp³-hybridized carbons (Fsp3) is 0.824. The summed E-state index contributed by atoms with van der Waals surface area (Å²) in [7, 11) is 4.10. The molecule has 136 valence electrons. The Kier molecular flexibility index (Phi) is 6.34. The number of carbonyl (C=O) groups is 1. The number of piperidine rings is 1. The van der Waals surface area contributed by atoms with Crippen molar-refractivity contribution < 1.29 is 4.79 Å². The van der Waals surface area contributed by atoms with Gasteiger partial charge in [-0.15, -0.1) is 5.10 Å². The Labute approximate surface area is 145 Å². The number of nitrogens with one attached hydrogen (secondary N) is 2. The number of hydrogen-bond acceptors (Lipinski definition) is 5. The van der Waals surface area contributed by atoms with Crippen molar-refractivity contribution in [2.75, 3.05) is 33.7 Å². The molecule has 1 aromatic rings. The Balaban J connectivity index is 2.00. The van der Waals surface area contributed by atoms with Crippen molar-refractivity contribution in [1.82, 2.24) is 30.5 Å². The number of nitrogens with zero attached hydrogens (tertiary/aromatic N) is 4. The van der Waals surface area contributed by atoms with E-state index in [2.05, 4.69) is 46.6 Å². The van der Waals surface area contributed by atoms with E-state index in [0.717, 1.165) is 38.9 Å². The van der Waals surface area contributed by atoms with Crippen LogP contribution in [-0.4, -0.2) is 65.6 Å². The molecule has 0 aliphatic carbocycles. The summed E-state index contributed by atoms with van der Waals surface area (Å²) in [6, 6.07) is 0.434. The molecule has 0 saturated carbocycles. The summed E-state index contributed by atoms with van der Waals surface area (Å²) < 4.78 is 1.85. The van der Waals surface area contributed by atoms with E-state index in [-0.39, 0.29) is 17.4 Å². The number of carbonyl (C=O) groups excluding carboxylic acids is 1. The van der Waals surface area contributed by atoms with Gasteiger partial charge in [0, 0.05) is 6.04 Å². The van der Waals surface area contributed by atoms with Gasteiger partial charge in [0.05, 0.1) is 12.2 Å². The summed E-state index contributed by atoms with van der Waals surface area (Å²) in [5.41, 5.74) is 0.407. The van der Waals surface area contributed by atoms with Crippen molar-refractivity contribution in [2.45, 2.75) is 52.1 Å². The molecule has 7 nitrogen and oxygen atoms in total. The smallest absolute Gasteiger partial charge is 0.273 e. The van der Waals surface area contributed by atoms with Gasteiger partial charge >= 0.3 is 0 Å². The summed E-state index contributed by atoms with van der Waals surface area (Å²) >= 11 is 0. The fourth-order valence-corrected chi connectivity index (χ4v) is 2.97. The Bertz CT molecular complexity index is 527. The maximum Gasteiger partial charge on any atom is 0.273 e. The quantitative estimate of drug-likeness (QED) is 0.819. The first kappa shape index (κ1) is 18.9. The molecule has 7 heteroatoms. The number of aromatic nitrogens is 3. The van der Waals surface area contributed by atoms with Gasteiger partial charge in [-0.05, 0) is 58.4 Å². The van der Waals surface area contributed by atoms with Gasteiger partial charge < -0.3 is 15.5 Å². The van der Waals surface area contributed by atoms with E-state index < -0.39 is 0 Å². The van der Waals surface area contributed by atoms with Crippen molar-refractivity contribution in [3.8, 4) is 0 Å². The van der Waals surface area contributed by atoms with Gasteiger partial charge in [-0.3, -0.25) is 4.79 Å². The Morgan fingerprint density at radius 1 is 1.42 bits per heavy atom. The van der Waals surface area contributed by atoms with Gasteiger partial charge in [0.25, 0.3) is 5.91 Å². The third-order valence-corrected chi connectivity index (χ3v) is 4.64. The SMILES string of the molecule is CN(C)CCC(NC(=O)c1cn(C2CCNCC2)nn1)C(C)(C)C. The molecule has 0 spiro atoms. The normalized spacial score (nSPS) is 17.9. The molecule has 2 N–H and O–H groups in total. The summed E-state index contributed by atoms with van der Waals surface area (Å²) in [5, 5.41) is 14.8. The summed E-state index contributed by atoms with van der Waals surface area (Å²) in [6.45, 7) is 9.37. The van der Waals surface area contributed by atoms with Crippen LogP contribution in [-0.2, 0) is 0 Å². The van der Waals surface area contributed by atoms with E-state index in [1.807, 2.05) is 18.8 Å². The molecule has 0 radical (unpaired) electrons. The Morgan fingerprint density at radius 2 is 2.08 bits per heavy atom. The average molecular weight is 336 g/mol. The van der Waals surface area contributed by atoms with Gasteiger partial charge in [0.2, 0.25) is 0 Å². The van der Waals surface area contributed by atoms with Crippen LogP contribution in [0.4, 0.5) is 0 Å². The topological polar surface area (TPSA) is 75.1 Å². The maximum atomic E-state index is 12.6. The molecule has 1 aliphatic heterocycles. The summed E-state index contributed by atoms with van der Waals surface area (Å²) in [5.74, 6) is -0.131. The monoisotopic (exact) mass is 336 g/mol. The van der Waals surface area contributed by atoms with E-state index in [1.54, 1.807) is 6.20 Å². The first-order valence-electron chi connectivity index (χ1n) is 8.85. The van der Waals surface area contributed by atoms with Crippen molar-refractivity contribution >= 4 is 5.91 Å². The zero-order valence-electron chi connectivity index (χ0n) is 15.7. The van der Waals surface area contributed by atoms with Crippen LogP contribution in [0.1, 0.15) is 56.6 Å². The molecule has 1 fully saturated rings. The zero-order valence-corrected chi connectivity index (χ0v) is 15.7. The van der Waals surface area contributed by atoms with Crippen LogP contribution in [0.3, 0.4) is 0 Å². The Hall–Kier alpha value is -1.47. The molecule has 0 bridgehead atoms. The molecule has 1 saturated heterocycles. The highest BCUT2D eigenvalue weighted by molar-refractivity contribution is 5.92. The van der Waals surface area contributed by atoms with Crippen LogP contribution in [0.25, 0.3) is 0 Å². The van der Waals surface area contributed by atoms with E-state index in [0.29, 0.717) is 11.7 Å². The largest absolute Gasteiger partial charge is 0.347 e. The van der Waals surface area contributed by atoms with E-state index >= 15 is 0 Å². The van der Waals surface area contributed by atoms with Crippen molar-refractivity contribution in [2.24, 2.45) is 5.41 Å². The minimum absolute atomic E-state index is 0.00327. The van der Waals surface area contributed by atoms with Crippen LogP contribution < -0.4 is 10.6 Å². The highest BCUT2D eigenvalue weighted by Crippen LogP contribution is 2.22. The van der Waals surface area contributed by atoms with Gasteiger partial charge in [0.15, 0.2) is 5.69 Å². The lowest BCUT2D eigenvalue weighted by molar-refractivity contribution is 0.0887. The number of hydrogen-bond donors (Lipinski definition) is 2. The predicted octanol–water partition coefficient (Wildman–Crippen LogP) is 1.30. The van der Waals surface area contributed by atoms with Crippen molar-refractivity contribution in [1.29, 1.82) is 0 Å². The molecular weight excluding hydrogens is 304 g/mol. The highest BCUT2D eigenvalue weighted by Gasteiger charge is 2.27. The third kappa shape index (κ3) is 5.27. The van der Waals surface area contributed by atoms with E-state index in [4.69, 9.17) is 0 Å². The van der Waals surface area contributed by atoms with Crippen LogP contribution in [0.5, 0.6) is 0 Å². The minimum atomic E-state index is -0.131. The molecule has 1 unspecified atom stereocenters. The molecule has 1 aromatic heterocycles. The van der Waals surface area contributed by atoms with Crippen LogP contribution in [0.15, 0.2) is 6.20 Å². The van der Waals surface area contributed by atoms with Crippen molar-refractivity contribution in [3.63, 3.8) is 0 Å². The molecular formula is C17H32N6O. The second-order valence-electron chi connectivity index (χ2n) is 8.05. The average Bonchev–Trinajstić information content (AvgIpc) is 3.00. The molecule has 1 atom stereocenters. The third-order valence-electron chi connectivity index (χ3n) is 4.64. The summed E-state index contributed by atoms with van der Waals surface area (Å²) in [6.07, 6.45) is 4.75. The van der Waals surface area contributed by atoms with Crippen LogP contribution in [0, 0.1) is 5.41 Å². The summed E-state index contributed by atoms with van der Waals surface area (Å²) in [4.78, 5) is 14.7. The van der Waals surface area contributed by atoms with Gasteiger partial charge in [-0.1, -0.05) is 26.0 Å². The van der Waals surface area contributed by atoms with Crippen LogP contribution in [0.2, 0.25) is 0 Å². The second kappa shape index (κ2) is 8.07. The molecule has 2 rings (SSSR count). The lowest BCUT2D eigenvalue weighted by atomic mass is 9.84. The fourth-order valence-electron chi connectivity index (χ4n) is 2.97. The molecule has 0 aromatic carbocycles. The van der Waals surface area contributed by atoms with Crippen LogP contribution >= 0.6 is 0 Å².